The van der Waals surface area contributed by atoms with Crippen molar-refractivity contribution in [1.29, 1.82) is 0 Å². The van der Waals surface area contributed by atoms with Gasteiger partial charge in [0.2, 0.25) is 0 Å². The molecule has 0 saturated carbocycles. The number of benzene rings is 4. The normalized spacial score (nSPS) is 13.5. The van der Waals surface area contributed by atoms with Crippen LogP contribution in [0.15, 0.2) is 117 Å². The summed E-state index contributed by atoms with van der Waals surface area (Å²) in [5.74, 6) is -0.640. The zero-order chi connectivity index (χ0) is 34.9. The summed E-state index contributed by atoms with van der Waals surface area (Å²) in [4.78, 5) is 28.3. The minimum Gasteiger partial charge on any atom is -0.384 e. The van der Waals surface area contributed by atoms with Crippen LogP contribution in [0.3, 0.4) is 0 Å². The second-order valence-electron chi connectivity index (χ2n) is 11.1. The number of nitrogens with one attached hydrogen (secondary N) is 3. The molecule has 0 saturated heterocycles. The van der Waals surface area contributed by atoms with E-state index in [2.05, 4.69) is 15.3 Å². The lowest BCUT2D eigenvalue weighted by molar-refractivity contribution is 0.592. The van der Waals surface area contributed by atoms with Gasteiger partial charge in [0.25, 0.3) is 30.2 Å². The van der Waals surface area contributed by atoms with E-state index >= 15 is 0 Å². The van der Waals surface area contributed by atoms with E-state index in [9.17, 15) is 35.2 Å². The van der Waals surface area contributed by atoms with Crippen molar-refractivity contribution in [2.75, 3.05) is 22.7 Å². The van der Waals surface area contributed by atoms with Gasteiger partial charge in [0.1, 0.15) is 11.6 Å². The van der Waals surface area contributed by atoms with Crippen molar-refractivity contribution < 1.29 is 25.6 Å². The molecule has 2 aliphatic heterocycles. The maximum absolute atomic E-state index is 13.6. The zero-order valence-electron chi connectivity index (χ0n) is 25.4. The summed E-state index contributed by atoms with van der Waals surface area (Å²) in [5.41, 5.74) is 2.64. The smallest absolute Gasteiger partial charge is 0.264 e. The van der Waals surface area contributed by atoms with E-state index in [-0.39, 0.29) is 33.3 Å². The number of rotatable bonds is 3. The highest BCUT2D eigenvalue weighted by Gasteiger charge is 2.32. The molecule has 0 radical (unpaired) electrons. The van der Waals surface area contributed by atoms with Crippen LogP contribution < -0.4 is 20.7 Å². The first-order valence-corrected chi connectivity index (χ1v) is 18.6. The van der Waals surface area contributed by atoms with Gasteiger partial charge in [0, 0.05) is 63.4 Å². The second-order valence-corrected chi connectivity index (χ2v) is 15.4. The summed E-state index contributed by atoms with van der Waals surface area (Å²) in [5, 5.41) is 4.39. The molecule has 4 heterocycles. The molecule has 49 heavy (non-hydrogen) atoms. The Labute approximate surface area is 283 Å². The number of nitrogens with zero attached hydrogens (tertiary/aromatic N) is 1. The number of fused-ring (bicyclic) bond motifs is 4. The van der Waals surface area contributed by atoms with Gasteiger partial charge in [0.05, 0.1) is 15.5 Å². The van der Waals surface area contributed by atoms with Crippen LogP contribution in [0.5, 0.6) is 0 Å². The van der Waals surface area contributed by atoms with E-state index in [4.69, 9.17) is 10.7 Å². The monoisotopic (exact) mass is 724 g/mol. The van der Waals surface area contributed by atoms with Gasteiger partial charge in [-0.2, -0.15) is 0 Å². The highest BCUT2D eigenvalue weighted by Crippen LogP contribution is 2.35. The minimum absolute atomic E-state index is 0.0446. The van der Waals surface area contributed by atoms with Gasteiger partial charge in [-0.25, -0.2) is 25.6 Å². The first kappa shape index (κ1) is 33.8. The fourth-order valence-electron chi connectivity index (χ4n) is 5.78. The Morgan fingerprint density at radius 2 is 1.22 bits per heavy atom. The van der Waals surface area contributed by atoms with Crippen molar-refractivity contribution in [3.05, 3.63) is 141 Å². The maximum atomic E-state index is 13.6. The standard InChI is InChI=1S/C17H13FN2O3S.C9H6ClNO3S.C8H8FN/c18-12-5-4-11-7-9-20(15(11)10-12)24(22,23)16-3-1-2-14-13(16)6-8-19-17(14)21;10-15(13,14)8-3-1-2-7-6(8)4-5-11-9(7)12;9-7-2-1-6-3-4-10-8(6)5-7/h1-6,8,10H,7,9H2,(H,19,21);1-5H,(H,11,12);1-2,5,10H,3-4H2. The summed E-state index contributed by atoms with van der Waals surface area (Å²) < 4.78 is 76.0. The Bertz CT molecular complexity index is 2580. The highest BCUT2D eigenvalue weighted by atomic mass is 35.7. The second kappa shape index (κ2) is 13.5. The van der Waals surface area contributed by atoms with E-state index in [0.29, 0.717) is 33.7 Å². The van der Waals surface area contributed by atoms with Gasteiger partial charge in [-0.3, -0.25) is 13.9 Å². The van der Waals surface area contributed by atoms with Crippen LogP contribution in [0.25, 0.3) is 21.5 Å². The molecule has 252 valence electrons. The SMILES string of the molecule is Fc1ccc2c(c1)NCC2.O=c1[nH]ccc2c(S(=O)(=O)Cl)cccc12.O=c1[nH]ccc2c(S(=O)(=O)N3CCc4ccc(F)cc43)cccc12. The van der Waals surface area contributed by atoms with Gasteiger partial charge in [0.15, 0.2) is 0 Å². The molecular formula is C34H27ClF2N4O6S2. The number of sulfonamides is 1. The molecule has 8 rings (SSSR count). The maximum Gasteiger partial charge on any atom is 0.264 e. The van der Waals surface area contributed by atoms with Gasteiger partial charge in [-0.1, -0.05) is 24.3 Å². The Morgan fingerprint density at radius 3 is 1.86 bits per heavy atom. The quantitative estimate of drug-likeness (QED) is 0.199. The summed E-state index contributed by atoms with van der Waals surface area (Å²) >= 11 is 0. The van der Waals surface area contributed by atoms with Crippen LogP contribution >= 0.6 is 10.7 Å². The first-order valence-electron chi connectivity index (χ1n) is 14.8. The van der Waals surface area contributed by atoms with Gasteiger partial charge in [-0.05, 0) is 84.6 Å². The molecule has 0 unspecified atom stereocenters. The fraction of sp³-hybridized carbons (Fsp3) is 0.118. The van der Waals surface area contributed by atoms with Crippen molar-refractivity contribution >= 4 is 62.7 Å². The fourth-order valence-corrected chi connectivity index (χ4v) is 8.57. The Hall–Kier alpha value is -5.05. The summed E-state index contributed by atoms with van der Waals surface area (Å²) in [6, 6.07) is 21.1. The predicted molar refractivity (Wildman–Crippen MR) is 185 cm³/mol. The van der Waals surface area contributed by atoms with Crippen molar-refractivity contribution in [2.45, 2.75) is 22.6 Å². The molecule has 0 fully saturated rings. The number of H-pyrrole nitrogens is 2. The molecule has 15 heteroatoms. The molecule has 0 spiro atoms. The number of hydrogen-bond acceptors (Lipinski definition) is 7. The highest BCUT2D eigenvalue weighted by molar-refractivity contribution is 8.14. The van der Waals surface area contributed by atoms with E-state index in [1.54, 1.807) is 30.3 Å². The summed E-state index contributed by atoms with van der Waals surface area (Å²) in [6.45, 7) is 1.19. The molecule has 6 aromatic rings. The number of anilines is 2. The van der Waals surface area contributed by atoms with Crippen molar-refractivity contribution in [3.8, 4) is 0 Å². The van der Waals surface area contributed by atoms with Gasteiger partial charge < -0.3 is 15.3 Å². The van der Waals surface area contributed by atoms with Crippen molar-refractivity contribution in [3.63, 3.8) is 0 Å². The number of aromatic nitrogens is 2. The Balaban J connectivity index is 0.000000141. The zero-order valence-corrected chi connectivity index (χ0v) is 27.8. The summed E-state index contributed by atoms with van der Waals surface area (Å²) in [7, 11) is -2.48. The molecule has 10 nitrogen and oxygen atoms in total. The Kier molecular flexibility index (Phi) is 9.29. The first-order chi connectivity index (χ1) is 23.3. The lowest BCUT2D eigenvalue weighted by Gasteiger charge is -2.20. The van der Waals surface area contributed by atoms with Crippen LogP contribution in [0.2, 0.25) is 0 Å². The third-order valence-electron chi connectivity index (χ3n) is 8.06. The molecule has 0 bridgehead atoms. The number of hydrogen-bond donors (Lipinski definition) is 3. The van der Waals surface area contributed by atoms with E-state index in [1.807, 2.05) is 6.07 Å². The third kappa shape index (κ3) is 6.93. The molecule has 2 aliphatic rings. The number of pyridine rings is 2. The van der Waals surface area contributed by atoms with Crippen LogP contribution in [-0.2, 0) is 31.9 Å². The average molecular weight is 725 g/mol. The largest absolute Gasteiger partial charge is 0.384 e. The number of aromatic amines is 2. The van der Waals surface area contributed by atoms with Crippen LogP contribution in [0.1, 0.15) is 11.1 Å². The van der Waals surface area contributed by atoms with Crippen LogP contribution in [0.4, 0.5) is 20.2 Å². The third-order valence-corrected chi connectivity index (χ3v) is 11.3. The average Bonchev–Trinajstić information content (AvgIpc) is 3.72. The topological polar surface area (TPSA) is 149 Å². The lowest BCUT2D eigenvalue weighted by atomic mass is 10.2. The van der Waals surface area contributed by atoms with Crippen molar-refractivity contribution in [1.82, 2.24) is 9.97 Å². The minimum atomic E-state index is -3.90. The van der Waals surface area contributed by atoms with Crippen LogP contribution in [0, 0.1) is 11.6 Å². The van der Waals surface area contributed by atoms with Gasteiger partial charge in [-0.15, -0.1) is 0 Å². The van der Waals surface area contributed by atoms with Gasteiger partial charge >= 0.3 is 0 Å². The predicted octanol–water partition coefficient (Wildman–Crippen LogP) is 5.67. The van der Waals surface area contributed by atoms with E-state index in [0.717, 1.165) is 24.2 Å². The molecular weight excluding hydrogens is 698 g/mol. The molecule has 3 N–H and O–H groups in total. The van der Waals surface area contributed by atoms with Crippen LogP contribution in [-0.4, -0.2) is 39.9 Å². The summed E-state index contributed by atoms with van der Waals surface area (Å²) in [6.07, 6.45) is 4.35. The van der Waals surface area contributed by atoms with Crippen molar-refractivity contribution in [2.24, 2.45) is 0 Å². The van der Waals surface area contributed by atoms with E-state index in [1.165, 1.54) is 70.8 Å². The Morgan fingerprint density at radius 1 is 0.653 bits per heavy atom. The van der Waals surface area contributed by atoms with E-state index < -0.39 is 24.9 Å². The molecule has 0 aliphatic carbocycles. The molecule has 0 atom stereocenters. The lowest BCUT2D eigenvalue weighted by Crippen LogP contribution is -2.29. The molecule has 0 amide bonds. The molecule has 2 aromatic heterocycles. The molecule has 4 aromatic carbocycles. The number of halogens is 3.